The van der Waals surface area contributed by atoms with E-state index in [0.29, 0.717) is 0 Å². The average molecular weight is 371 g/mol. The lowest BCUT2D eigenvalue weighted by molar-refractivity contribution is 0.0954. The summed E-state index contributed by atoms with van der Waals surface area (Å²) >= 11 is 0. The van der Waals surface area contributed by atoms with Gasteiger partial charge in [-0.1, -0.05) is 18.2 Å². The minimum Gasteiger partial charge on any atom is -0.352 e. The molecule has 7 heteroatoms. The van der Waals surface area contributed by atoms with Crippen LogP contribution in [-0.4, -0.2) is 43.1 Å². The Morgan fingerprint density at radius 1 is 1.07 bits per heavy atom. The predicted octanol–water partition coefficient (Wildman–Crippen LogP) is 2.67. The van der Waals surface area contributed by atoms with Gasteiger partial charge in [-0.15, -0.1) is 0 Å². The first-order valence-electron chi connectivity index (χ1n) is 8.93. The Morgan fingerprint density at radius 3 is 2.26 bits per heavy atom. The number of amides is 1. The van der Waals surface area contributed by atoms with Gasteiger partial charge in [0.15, 0.2) is 5.82 Å². The number of nitrogens with two attached hydrogens (primary N) is 1. The van der Waals surface area contributed by atoms with Crippen LogP contribution in [0.4, 0.5) is 4.39 Å². The summed E-state index contributed by atoms with van der Waals surface area (Å²) in [5.74, 6) is -0.249. The summed E-state index contributed by atoms with van der Waals surface area (Å²) in [7, 11) is 3.06. The second-order valence-electron chi connectivity index (χ2n) is 5.86. The number of nitrogens with one attached hydrogen (secondary N) is 3. The molecule has 2 heterocycles. The highest BCUT2D eigenvalue weighted by molar-refractivity contribution is 5.94. The Kier molecular flexibility index (Phi) is 7.91. The first-order chi connectivity index (χ1) is 13.2. The van der Waals surface area contributed by atoms with E-state index in [2.05, 4.69) is 26.3 Å². The van der Waals surface area contributed by atoms with Gasteiger partial charge in [0.1, 0.15) is 5.82 Å². The molecule has 27 heavy (non-hydrogen) atoms. The van der Waals surface area contributed by atoms with Gasteiger partial charge in [-0.25, -0.2) is 9.37 Å². The molecule has 0 unspecified atom stereocenters. The topological polar surface area (TPSA) is 95.8 Å². The van der Waals surface area contributed by atoms with Gasteiger partial charge in [-0.05, 0) is 68.4 Å². The molecule has 144 valence electrons. The Morgan fingerprint density at radius 2 is 1.70 bits per heavy atom. The van der Waals surface area contributed by atoms with Crippen molar-refractivity contribution in [1.29, 1.82) is 0 Å². The standard InChI is InChI=1S/C15H12FN3O.C4H9N.CH5N/c1-17-15(20)14-18-12-7-4-10(8-13(12)19-14)9-2-5-11(16)6-3-9;1-2-4-5-3-1;1-2/h2-8H,1H3,(H,17,20)(H,18,19);5H,1-4H2;2H2,1H3. The largest absolute Gasteiger partial charge is 0.352 e. The van der Waals surface area contributed by atoms with E-state index in [1.165, 1.54) is 45.1 Å². The Labute approximate surface area is 158 Å². The number of hydrogen-bond donors (Lipinski definition) is 4. The zero-order valence-corrected chi connectivity index (χ0v) is 15.7. The fourth-order valence-electron chi connectivity index (χ4n) is 2.68. The number of H-pyrrole nitrogens is 1. The second-order valence-corrected chi connectivity index (χ2v) is 5.86. The van der Waals surface area contributed by atoms with E-state index in [-0.39, 0.29) is 17.5 Å². The average Bonchev–Trinajstić information content (AvgIpc) is 3.42. The molecule has 0 spiro atoms. The number of nitrogens with zero attached hydrogens (tertiary/aromatic N) is 1. The van der Waals surface area contributed by atoms with E-state index in [0.717, 1.165) is 22.2 Å². The zero-order valence-electron chi connectivity index (χ0n) is 15.7. The number of hydrogen-bond acceptors (Lipinski definition) is 4. The lowest BCUT2D eigenvalue weighted by atomic mass is 10.1. The fraction of sp³-hybridized carbons (Fsp3) is 0.300. The number of benzene rings is 2. The van der Waals surface area contributed by atoms with Crippen molar-refractivity contribution in [3.8, 4) is 11.1 Å². The minimum atomic E-state index is -0.265. The Hall–Kier alpha value is -2.77. The van der Waals surface area contributed by atoms with Crippen LogP contribution in [0.1, 0.15) is 23.5 Å². The molecule has 1 aliphatic rings. The molecule has 0 bridgehead atoms. The van der Waals surface area contributed by atoms with Crippen molar-refractivity contribution in [3.63, 3.8) is 0 Å². The van der Waals surface area contributed by atoms with Gasteiger partial charge in [-0.2, -0.15) is 0 Å². The van der Waals surface area contributed by atoms with Crippen molar-refractivity contribution >= 4 is 16.9 Å². The molecular formula is C20H26FN5O. The highest BCUT2D eigenvalue weighted by atomic mass is 19.1. The van der Waals surface area contributed by atoms with Gasteiger partial charge >= 0.3 is 0 Å². The second kappa shape index (κ2) is 10.4. The van der Waals surface area contributed by atoms with Crippen molar-refractivity contribution in [1.82, 2.24) is 20.6 Å². The number of rotatable bonds is 2. The first kappa shape index (κ1) is 20.5. The number of carbonyl (C=O) groups is 1. The lowest BCUT2D eigenvalue weighted by Crippen LogP contribution is -2.19. The summed E-state index contributed by atoms with van der Waals surface area (Å²) in [6, 6.07) is 11.9. The summed E-state index contributed by atoms with van der Waals surface area (Å²) in [5, 5.41) is 5.74. The Balaban J connectivity index is 0.000000318. The summed E-state index contributed by atoms with van der Waals surface area (Å²) < 4.78 is 12.9. The maximum atomic E-state index is 12.9. The number of aromatic nitrogens is 2. The van der Waals surface area contributed by atoms with Crippen LogP contribution in [0, 0.1) is 5.82 Å². The van der Waals surface area contributed by atoms with Crippen molar-refractivity contribution < 1.29 is 9.18 Å². The van der Waals surface area contributed by atoms with Crippen LogP contribution < -0.4 is 16.4 Å². The third-order valence-corrected chi connectivity index (χ3v) is 4.06. The van der Waals surface area contributed by atoms with Crippen LogP contribution in [-0.2, 0) is 0 Å². The van der Waals surface area contributed by atoms with Gasteiger partial charge in [0.25, 0.3) is 5.91 Å². The van der Waals surface area contributed by atoms with Gasteiger partial charge in [0.05, 0.1) is 11.0 Å². The summed E-state index contributed by atoms with van der Waals surface area (Å²) in [6.45, 7) is 2.50. The zero-order chi connectivity index (χ0) is 19.6. The molecule has 1 aromatic heterocycles. The molecule has 0 atom stereocenters. The molecule has 1 fully saturated rings. The molecule has 1 saturated heterocycles. The highest BCUT2D eigenvalue weighted by Gasteiger charge is 2.10. The van der Waals surface area contributed by atoms with E-state index in [1.807, 2.05) is 18.2 Å². The van der Waals surface area contributed by atoms with Crippen molar-refractivity contribution in [2.24, 2.45) is 5.73 Å². The minimum absolute atomic E-state index is 0.260. The molecule has 1 aliphatic heterocycles. The SMILES string of the molecule is C1CCNC1.CN.CNC(=O)c1nc2ccc(-c3ccc(F)cc3)cc2[nH]1. The molecule has 4 rings (SSSR count). The number of halogens is 1. The molecule has 6 nitrogen and oxygen atoms in total. The van der Waals surface area contributed by atoms with E-state index in [1.54, 1.807) is 19.2 Å². The number of carbonyl (C=O) groups excluding carboxylic acids is 1. The monoisotopic (exact) mass is 371 g/mol. The van der Waals surface area contributed by atoms with Crippen LogP contribution in [0.3, 0.4) is 0 Å². The molecule has 3 aromatic rings. The van der Waals surface area contributed by atoms with E-state index in [9.17, 15) is 9.18 Å². The summed E-state index contributed by atoms with van der Waals surface area (Å²) in [5.41, 5.74) is 7.83. The molecule has 0 saturated carbocycles. The van der Waals surface area contributed by atoms with Crippen LogP contribution in [0.5, 0.6) is 0 Å². The quantitative estimate of drug-likeness (QED) is 0.557. The molecule has 2 aromatic carbocycles. The summed E-state index contributed by atoms with van der Waals surface area (Å²) in [4.78, 5) is 18.7. The number of imidazole rings is 1. The Bertz CT molecular complexity index is 849. The molecule has 1 amide bonds. The van der Waals surface area contributed by atoms with Gasteiger partial charge in [-0.3, -0.25) is 4.79 Å². The van der Waals surface area contributed by atoms with Gasteiger partial charge in [0, 0.05) is 7.05 Å². The predicted molar refractivity (Wildman–Crippen MR) is 107 cm³/mol. The van der Waals surface area contributed by atoms with Gasteiger partial charge in [0.2, 0.25) is 0 Å². The number of fused-ring (bicyclic) bond motifs is 1. The first-order valence-corrected chi connectivity index (χ1v) is 8.93. The van der Waals surface area contributed by atoms with Crippen LogP contribution in [0.2, 0.25) is 0 Å². The molecule has 0 aliphatic carbocycles. The van der Waals surface area contributed by atoms with Crippen molar-refractivity contribution in [2.75, 3.05) is 27.2 Å². The third kappa shape index (κ3) is 5.60. The number of aromatic amines is 1. The van der Waals surface area contributed by atoms with Crippen molar-refractivity contribution in [3.05, 3.63) is 54.1 Å². The summed E-state index contributed by atoms with van der Waals surface area (Å²) in [6.07, 6.45) is 2.78. The van der Waals surface area contributed by atoms with Crippen LogP contribution >= 0.6 is 0 Å². The van der Waals surface area contributed by atoms with E-state index in [4.69, 9.17) is 0 Å². The maximum Gasteiger partial charge on any atom is 0.286 e. The van der Waals surface area contributed by atoms with E-state index >= 15 is 0 Å². The van der Waals surface area contributed by atoms with Gasteiger partial charge < -0.3 is 21.4 Å². The van der Waals surface area contributed by atoms with Crippen molar-refractivity contribution in [2.45, 2.75) is 12.8 Å². The van der Waals surface area contributed by atoms with E-state index < -0.39 is 0 Å². The normalized spacial score (nSPS) is 12.6. The molecule has 0 radical (unpaired) electrons. The smallest absolute Gasteiger partial charge is 0.286 e. The van der Waals surface area contributed by atoms with Crippen LogP contribution in [0.25, 0.3) is 22.2 Å². The maximum absolute atomic E-state index is 12.9. The molecular weight excluding hydrogens is 345 g/mol. The fourth-order valence-corrected chi connectivity index (χ4v) is 2.68. The lowest BCUT2D eigenvalue weighted by Gasteiger charge is -2.01. The third-order valence-electron chi connectivity index (χ3n) is 4.06. The van der Waals surface area contributed by atoms with Crippen LogP contribution in [0.15, 0.2) is 42.5 Å². The highest BCUT2D eigenvalue weighted by Crippen LogP contribution is 2.23. The molecule has 5 N–H and O–H groups in total.